The molecule has 3 aromatic rings. The van der Waals surface area contributed by atoms with E-state index in [1.807, 2.05) is 12.1 Å². The molecule has 106 valence electrons. The smallest absolute Gasteiger partial charge is 0.122 e. The quantitative estimate of drug-likeness (QED) is 0.503. The van der Waals surface area contributed by atoms with Gasteiger partial charge in [-0.25, -0.2) is 0 Å². The summed E-state index contributed by atoms with van der Waals surface area (Å²) in [6.07, 6.45) is 0. The Morgan fingerprint density at radius 3 is 2.38 bits per heavy atom. The molecule has 0 fully saturated rings. The highest BCUT2D eigenvalue weighted by atomic mass is 79.9. The summed E-state index contributed by atoms with van der Waals surface area (Å²) >= 11 is 15.6. The van der Waals surface area contributed by atoms with Gasteiger partial charge in [-0.2, -0.15) is 0 Å². The standard InChI is InChI=1S/C17H11BrCl2O/c18-17-12(6-5-11-3-1-2-4-16(11)17)10-21-15-8-13(19)7-14(20)9-15/h1-9H,10H2. The molecular formula is C17H11BrCl2O. The third kappa shape index (κ3) is 3.34. The van der Waals surface area contributed by atoms with E-state index in [4.69, 9.17) is 27.9 Å². The van der Waals surface area contributed by atoms with E-state index in [1.54, 1.807) is 18.2 Å². The monoisotopic (exact) mass is 380 g/mol. The van der Waals surface area contributed by atoms with Crippen LogP contribution >= 0.6 is 39.1 Å². The van der Waals surface area contributed by atoms with E-state index in [0.717, 1.165) is 10.0 Å². The zero-order chi connectivity index (χ0) is 14.8. The lowest BCUT2D eigenvalue weighted by Crippen LogP contribution is -1.97. The van der Waals surface area contributed by atoms with Crippen LogP contribution in [0.3, 0.4) is 0 Å². The SMILES string of the molecule is Clc1cc(Cl)cc(OCc2ccc3ccccc3c2Br)c1. The van der Waals surface area contributed by atoms with Gasteiger partial charge in [0.15, 0.2) is 0 Å². The van der Waals surface area contributed by atoms with Gasteiger partial charge in [-0.05, 0) is 44.9 Å². The molecule has 1 nitrogen and oxygen atoms in total. The first-order chi connectivity index (χ1) is 10.1. The van der Waals surface area contributed by atoms with Crippen molar-refractivity contribution in [3.63, 3.8) is 0 Å². The predicted molar refractivity (Wildman–Crippen MR) is 92.4 cm³/mol. The molecule has 0 atom stereocenters. The van der Waals surface area contributed by atoms with Crippen molar-refractivity contribution in [3.8, 4) is 5.75 Å². The molecule has 0 aliphatic heterocycles. The van der Waals surface area contributed by atoms with Gasteiger partial charge in [-0.15, -0.1) is 0 Å². The second-order valence-electron chi connectivity index (χ2n) is 4.65. The first-order valence-electron chi connectivity index (χ1n) is 6.38. The molecule has 21 heavy (non-hydrogen) atoms. The van der Waals surface area contributed by atoms with Crippen LogP contribution in [0.25, 0.3) is 10.8 Å². The van der Waals surface area contributed by atoms with Crippen LogP contribution in [-0.2, 0) is 6.61 Å². The number of rotatable bonds is 3. The van der Waals surface area contributed by atoms with Gasteiger partial charge in [0, 0.05) is 20.1 Å². The fourth-order valence-corrected chi connectivity index (χ4v) is 3.28. The molecule has 3 aromatic carbocycles. The third-order valence-electron chi connectivity index (χ3n) is 3.17. The van der Waals surface area contributed by atoms with Crippen LogP contribution in [0.5, 0.6) is 5.75 Å². The number of halogens is 3. The Labute approximate surface area is 141 Å². The van der Waals surface area contributed by atoms with Crippen molar-refractivity contribution in [2.24, 2.45) is 0 Å². The van der Waals surface area contributed by atoms with Crippen molar-refractivity contribution in [1.82, 2.24) is 0 Å². The summed E-state index contributed by atoms with van der Waals surface area (Å²) in [5.74, 6) is 0.660. The molecule has 0 aliphatic rings. The first-order valence-corrected chi connectivity index (χ1v) is 7.93. The van der Waals surface area contributed by atoms with Gasteiger partial charge >= 0.3 is 0 Å². The molecule has 0 radical (unpaired) electrons. The Balaban J connectivity index is 1.86. The lowest BCUT2D eigenvalue weighted by atomic mass is 10.1. The van der Waals surface area contributed by atoms with Gasteiger partial charge in [0.2, 0.25) is 0 Å². The number of fused-ring (bicyclic) bond motifs is 1. The summed E-state index contributed by atoms with van der Waals surface area (Å²) in [5.41, 5.74) is 1.07. The Morgan fingerprint density at radius 1 is 0.905 bits per heavy atom. The molecule has 3 rings (SSSR count). The first kappa shape index (κ1) is 14.7. The van der Waals surface area contributed by atoms with E-state index in [1.165, 1.54) is 10.8 Å². The van der Waals surface area contributed by atoms with Crippen molar-refractivity contribution in [3.05, 3.63) is 74.7 Å². The summed E-state index contributed by atoms with van der Waals surface area (Å²) in [5, 5.41) is 3.49. The fourth-order valence-electron chi connectivity index (χ4n) is 2.16. The normalized spacial score (nSPS) is 10.8. The van der Waals surface area contributed by atoms with Crippen LogP contribution in [0, 0.1) is 0 Å². The van der Waals surface area contributed by atoms with Crippen molar-refractivity contribution in [1.29, 1.82) is 0 Å². The van der Waals surface area contributed by atoms with Crippen molar-refractivity contribution < 1.29 is 4.74 Å². The highest BCUT2D eigenvalue weighted by Gasteiger charge is 2.06. The van der Waals surface area contributed by atoms with Crippen LogP contribution < -0.4 is 4.74 Å². The number of hydrogen-bond donors (Lipinski definition) is 0. The van der Waals surface area contributed by atoms with Gasteiger partial charge in [-0.3, -0.25) is 0 Å². The van der Waals surface area contributed by atoms with E-state index in [9.17, 15) is 0 Å². The molecule has 0 saturated heterocycles. The van der Waals surface area contributed by atoms with Crippen molar-refractivity contribution in [2.45, 2.75) is 6.61 Å². The molecule has 0 saturated carbocycles. The molecule has 4 heteroatoms. The minimum atomic E-state index is 0.447. The van der Waals surface area contributed by atoms with E-state index in [0.29, 0.717) is 22.4 Å². The summed E-state index contributed by atoms with van der Waals surface area (Å²) in [4.78, 5) is 0. The van der Waals surface area contributed by atoms with Gasteiger partial charge in [0.25, 0.3) is 0 Å². The maximum Gasteiger partial charge on any atom is 0.122 e. The molecule has 0 heterocycles. The topological polar surface area (TPSA) is 9.23 Å². The summed E-state index contributed by atoms with van der Waals surface area (Å²) in [7, 11) is 0. The minimum absolute atomic E-state index is 0.447. The van der Waals surface area contributed by atoms with Gasteiger partial charge < -0.3 is 4.74 Å². The van der Waals surface area contributed by atoms with Crippen molar-refractivity contribution in [2.75, 3.05) is 0 Å². The predicted octanol–water partition coefficient (Wildman–Crippen LogP) is 6.49. The second kappa shape index (κ2) is 6.27. The van der Waals surface area contributed by atoms with Gasteiger partial charge in [0.05, 0.1) is 0 Å². The zero-order valence-electron chi connectivity index (χ0n) is 10.9. The van der Waals surface area contributed by atoms with Crippen molar-refractivity contribution >= 4 is 49.9 Å². The van der Waals surface area contributed by atoms with Crippen LogP contribution in [0.1, 0.15) is 5.56 Å². The third-order valence-corrected chi connectivity index (χ3v) is 4.55. The van der Waals surface area contributed by atoms with Crippen LogP contribution in [0.2, 0.25) is 10.0 Å². The number of benzene rings is 3. The number of hydrogen-bond acceptors (Lipinski definition) is 1. The number of ether oxygens (including phenoxy) is 1. The maximum atomic E-state index is 5.97. The van der Waals surface area contributed by atoms with Crippen LogP contribution in [0.15, 0.2) is 59.1 Å². The van der Waals surface area contributed by atoms with Gasteiger partial charge in [0.1, 0.15) is 12.4 Å². The molecule has 0 aromatic heterocycles. The average molecular weight is 382 g/mol. The van der Waals surface area contributed by atoms with E-state index >= 15 is 0 Å². The second-order valence-corrected chi connectivity index (χ2v) is 6.32. The van der Waals surface area contributed by atoms with Gasteiger partial charge in [-0.1, -0.05) is 59.6 Å². The zero-order valence-corrected chi connectivity index (χ0v) is 14.0. The largest absolute Gasteiger partial charge is 0.489 e. The van der Waals surface area contributed by atoms with E-state index < -0.39 is 0 Å². The summed E-state index contributed by atoms with van der Waals surface area (Å²) in [6, 6.07) is 17.5. The minimum Gasteiger partial charge on any atom is -0.489 e. The Kier molecular flexibility index (Phi) is 4.39. The Hall–Kier alpha value is -1.22. The highest BCUT2D eigenvalue weighted by Crippen LogP contribution is 2.30. The fraction of sp³-hybridized carbons (Fsp3) is 0.0588. The van der Waals surface area contributed by atoms with Crippen LogP contribution in [0.4, 0.5) is 0 Å². The maximum absolute atomic E-state index is 5.97. The Bertz CT molecular complexity index is 782. The molecule has 0 unspecified atom stereocenters. The lowest BCUT2D eigenvalue weighted by Gasteiger charge is -2.10. The average Bonchev–Trinajstić information content (AvgIpc) is 2.46. The molecule has 0 spiro atoms. The Morgan fingerprint density at radius 2 is 1.62 bits per heavy atom. The van der Waals surface area contributed by atoms with E-state index in [2.05, 4.69) is 40.2 Å². The molecule has 0 amide bonds. The summed E-state index contributed by atoms with van der Waals surface area (Å²) < 4.78 is 6.83. The molecular weight excluding hydrogens is 371 g/mol. The molecule has 0 aliphatic carbocycles. The summed E-state index contributed by atoms with van der Waals surface area (Å²) in [6.45, 7) is 0.447. The van der Waals surface area contributed by atoms with Crippen LogP contribution in [-0.4, -0.2) is 0 Å². The molecule has 0 bridgehead atoms. The highest BCUT2D eigenvalue weighted by molar-refractivity contribution is 9.10. The molecule has 0 N–H and O–H groups in total. The lowest BCUT2D eigenvalue weighted by molar-refractivity contribution is 0.305. The van der Waals surface area contributed by atoms with E-state index in [-0.39, 0.29) is 0 Å².